The van der Waals surface area contributed by atoms with E-state index in [1.165, 1.54) is 18.2 Å². The van der Waals surface area contributed by atoms with Crippen LogP contribution in [0.15, 0.2) is 54.1 Å². The molecule has 1 aliphatic rings. The normalized spacial score (nSPS) is 15.7. The number of benzene rings is 2. The van der Waals surface area contributed by atoms with Crippen molar-refractivity contribution in [2.45, 2.75) is 33.9 Å². The fourth-order valence-corrected chi connectivity index (χ4v) is 4.59. The van der Waals surface area contributed by atoms with Crippen LogP contribution in [-0.2, 0) is 15.8 Å². The molecule has 1 aromatic heterocycles. The van der Waals surface area contributed by atoms with Gasteiger partial charge in [-0.1, -0.05) is 24.3 Å². The summed E-state index contributed by atoms with van der Waals surface area (Å²) in [5.74, 6) is -1.50. The van der Waals surface area contributed by atoms with Crippen molar-refractivity contribution in [1.29, 1.82) is 0 Å². The topological polar surface area (TPSA) is 54.3 Å². The van der Waals surface area contributed by atoms with Crippen LogP contribution in [0.4, 0.5) is 18.9 Å². The first kappa shape index (κ1) is 24.4. The van der Waals surface area contributed by atoms with Crippen LogP contribution in [-0.4, -0.2) is 21.5 Å². The highest BCUT2D eigenvalue weighted by Gasteiger charge is 2.37. The number of hydrogen-bond donors (Lipinski definition) is 1. The Morgan fingerprint density at radius 1 is 0.943 bits per heavy atom. The van der Waals surface area contributed by atoms with Crippen LogP contribution >= 0.6 is 12.2 Å². The van der Waals surface area contributed by atoms with Gasteiger partial charge < -0.3 is 4.57 Å². The van der Waals surface area contributed by atoms with Gasteiger partial charge >= 0.3 is 6.18 Å². The number of nitrogens with one attached hydrogen (secondary N) is 1. The molecule has 0 spiro atoms. The average Bonchev–Trinajstić information content (AvgIpc) is 3.04. The Morgan fingerprint density at radius 3 is 2.20 bits per heavy atom. The first-order valence-corrected chi connectivity index (χ1v) is 11.1. The van der Waals surface area contributed by atoms with E-state index in [9.17, 15) is 22.8 Å². The van der Waals surface area contributed by atoms with Crippen LogP contribution < -0.4 is 10.2 Å². The quantitative estimate of drug-likeness (QED) is 0.293. The molecule has 3 aromatic rings. The molecule has 0 aliphatic carbocycles. The van der Waals surface area contributed by atoms with E-state index < -0.39 is 23.6 Å². The van der Waals surface area contributed by atoms with Crippen LogP contribution in [0.1, 0.15) is 33.6 Å². The second-order valence-corrected chi connectivity index (χ2v) is 8.79. The number of nitrogens with zero attached hydrogens (tertiary/aromatic N) is 2. The van der Waals surface area contributed by atoms with Gasteiger partial charge in [0.1, 0.15) is 5.57 Å². The molecule has 0 unspecified atom stereocenters. The van der Waals surface area contributed by atoms with Crippen molar-refractivity contribution in [2.75, 3.05) is 4.90 Å². The van der Waals surface area contributed by atoms with Crippen molar-refractivity contribution in [1.82, 2.24) is 9.88 Å². The largest absolute Gasteiger partial charge is 0.416 e. The summed E-state index contributed by atoms with van der Waals surface area (Å²) in [6, 6.07) is 12.1. The number of aryl methyl sites for hydroxylation is 3. The van der Waals surface area contributed by atoms with Gasteiger partial charge in [-0.15, -0.1) is 0 Å². The maximum Gasteiger partial charge on any atom is 0.416 e. The molecule has 1 N–H and O–H groups in total. The SMILES string of the molecule is Cc1cccc(C)c1-n1c(C)cc(/C=C2\C(=O)NC(=S)N(c3cccc(C(F)(F)F)c3)C2=O)c1C. The monoisotopic (exact) mass is 497 g/mol. The molecule has 4 rings (SSSR count). The molecule has 35 heavy (non-hydrogen) atoms. The predicted molar refractivity (Wildman–Crippen MR) is 132 cm³/mol. The lowest BCUT2D eigenvalue weighted by Crippen LogP contribution is -2.54. The Hall–Kier alpha value is -3.72. The molecule has 2 aromatic carbocycles. The molecule has 0 radical (unpaired) electrons. The van der Waals surface area contributed by atoms with Crippen molar-refractivity contribution >= 4 is 40.9 Å². The van der Waals surface area contributed by atoms with Gasteiger partial charge in [0.05, 0.1) is 16.9 Å². The summed E-state index contributed by atoms with van der Waals surface area (Å²) in [6.07, 6.45) is -3.14. The smallest absolute Gasteiger partial charge is 0.317 e. The molecule has 2 amide bonds. The van der Waals surface area contributed by atoms with Gasteiger partial charge in [-0.2, -0.15) is 13.2 Å². The van der Waals surface area contributed by atoms with Crippen LogP contribution in [0.2, 0.25) is 0 Å². The Bertz CT molecular complexity index is 1400. The molecule has 9 heteroatoms. The molecule has 2 heterocycles. The molecule has 1 aliphatic heterocycles. The van der Waals surface area contributed by atoms with E-state index in [2.05, 4.69) is 9.88 Å². The number of aromatic nitrogens is 1. The Morgan fingerprint density at radius 2 is 1.57 bits per heavy atom. The van der Waals surface area contributed by atoms with E-state index in [1.54, 1.807) is 0 Å². The minimum Gasteiger partial charge on any atom is -0.317 e. The predicted octanol–water partition coefficient (Wildman–Crippen LogP) is 5.56. The van der Waals surface area contributed by atoms with Crippen molar-refractivity contribution in [3.63, 3.8) is 0 Å². The number of carbonyl (C=O) groups is 2. The Balaban J connectivity index is 1.79. The number of thiocarbonyl (C=S) groups is 1. The van der Waals surface area contributed by atoms with Crippen molar-refractivity contribution in [3.8, 4) is 5.69 Å². The fraction of sp³-hybridized carbons (Fsp3) is 0.192. The summed E-state index contributed by atoms with van der Waals surface area (Å²) in [5.41, 5.74) is 4.27. The highest BCUT2D eigenvalue weighted by molar-refractivity contribution is 7.80. The van der Waals surface area contributed by atoms with Crippen LogP contribution in [0.25, 0.3) is 11.8 Å². The zero-order valence-electron chi connectivity index (χ0n) is 19.4. The van der Waals surface area contributed by atoms with Gasteiger partial charge in [-0.25, -0.2) is 0 Å². The van der Waals surface area contributed by atoms with E-state index in [0.717, 1.165) is 45.2 Å². The number of para-hydroxylation sites is 1. The third-order valence-electron chi connectivity index (χ3n) is 5.97. The zero-order valence-corrected chi connectivity index (χ0v) is 20.3. The number of hydrogen-bond acceptors (Lipinski definition) is 3. The number of alkyl halides is 3. The number of rotatable bonds is 3. The lowest BCUT2D eigenvalue weighted by Gasteiger charge is -2.29. The number of carbonyl (C=O) groups excluding carboxylic acids is 2. The number of anilines is 1. The highest BCUT2D eigenvalue weighted by Crippen LogP contribution is 2.33. The summed E-state index contributed by atoms with van der Waals surface area (Å²) in [5, 5.41) is 2.14. The minimum atomic E-state index is -4.59. The van der Waals surface area contributed by atoms with E-state index >= 15 is 0 Å². The standard InChI is InChI=1S/C26H22F3N3O2S/c1-14-7-5-8-15(2)22(14)31-16(3)11-18(17(31)4)12-21-23(33)30-25(35)32(24(21)34)20-10-6-9-19(13-20)26(27,28)29/h5-13H,1-4H3,(H,30,33,35)/b21-12+. The fourth-order valence-electron chi connectivity index (χ4n) is 4.30. The number of halogens is 3. The second kappa shape index (κ2) is 8.81. The lowest BCUT2D eigenvalue weighted by atomic mass is 10.1. The highest BCUT2D eigenvalue weighted by atomic mass is 32.1. The first-order chi connectivity index (χ1) is 16.4. The molecule has 5 nitrogen and oxygen atoms in total. The molecule has 0 atom stereocenters. The first-order valence-electron chi connectivity index (χ1n) is 10.7. The van der Waals surface area contributed by atoms with Gasteiger partial charge in [-0.05, 0) is 86.9 Å². The van der Waals surface area contributed by atoms with Crippen LogP contribution in [0.5, 0.6) is 0 Å². The molecule has 180 valence electrons. The average molecular weight is 498 g/mol. The number of amides is 2. The molecular formula is C26H22F3N3O2S. The maximum absolute atomic E-state index is 13.3. The van der Waals surface area contributed by atoms with E-state index in [4.69, 9.17) is 12.2 Å². The molecule has 1 fully saturated rings. The van der Waals surface area contributed by atoms with Crippen molar-refractivity contribution in [3.05, 3.63) is 87.7 Å². The molecule has 0 bridgehead atoms. The summed E-state index contributed by atoms with van der Waals surface area (Å²) >= 11 is 5.12. The second-order valence-electron chi connectivity index (χ2n) is 8.41. The van der Waals surface area contributed by atoms with Gasteiger partial charge in [0, 0.05) is 11.4 Å². The van der Waals surface area contributed by atoms with E-state index in [-0.39, 0.29) is 16.4 Å². The lowest BCUT2D eigenvalue weighted by molar-refractivity contribution is -0.137. The molecular weight excluding hydrogens is 475 g/mol. The van der Waals surface area contributed by atoms with E-state index in [1.807, 2.05) is 52.0 Å². The summed E-state index contributed by atoms with van der Waals surface area (Å²) < 4.78 is 41.7. The Labute approximate surface area is 205 Å². The third-order valence-corrected chi connectivity index (χ3v) is 6.25. The molecule has 1 saturated heterocycles. The Kier molecular flexibility index (Phi) is 6.14. The minimum absolute atomic E-state index is 0.0817. The maximum atomic E-state index is 13.3. The van der Waals surface area contributed by atoms with Crippen molar-refractivity contribution < 1.29 is 22.8 Å². The van der Waals surface area contributed by atoms with Crippen LogP contribution in [0, 0.1) is 27.7 Å². The van der Waals surface area contributed by atoms with Gasteiger partial charge in [0.2, 0.25) is 0 Å². The zero-order chi connectivity index (χ0) is 25.7. The van der Waals surface area contributed by atoms with Gasteiger partial charge in [0.25, 0.3) is 11.8 Å². The summed E-state index contributed by atoms with van der Waals surface area (Å²) in [7, 11) is 0. The summed E-state index contributed by atoms with van der Waals surface area (Å²) in [4.78, 5) is 26.9. The molecule has 0 saturated carbocycles. The van der Waals surface area contributed by atoms with Gasteiger partial charge in [-0.3, -0.25) is 19.8 Å². The van der Waals surface area contributed by atoms with Crippen LogP contribution in [0.3, 0.4) is 0 Å². The van der Waals surface area contributed by atoms with Crippen molar-refractivity contribution in [2.24, 2.45) is 0 Å². The van der Waals surface area contributed by atoms with Gasteiger partial charge in [0.15, 0.2) is 5.11 Å². The van der Waals surface area contributed by atoms with E-state index in [0.29, 0.717) is 5.56 Å². The summed E-state index contributed by atoms with van der Waals surface area (Å²) in [6.45, 7) is 7.82. The third kappa shape index (κ3) is 4.39.